The molecule has 154 valence electrons. The van der Waals surface area contributed by atoms with E-state index in [1.807, 2.05) is 0 Å². The molecule has 0 saturated carbocycles. The molecule has 0 saturated heterocycles. The fraction of sp³-hybridized carbons (Fsp3) is 0.235. The van der Waals surface area contributed by atoms with Crippen LogP contribution in [0.4, 0.5) is 26.3 Å². The maximum absolute atomic E-state index is 13.3. The summed E-state index contributed by atoms with van der Waals surface area (Å²) < 4.78 is 80.0. The topological polar surface area (TPSA) is 58.9 Å². The molecule has 2 heterocycles. The zero-order chi connectivity index (χ0) is 21.4. The van der Waals surface area contributed by atoms with Gasteiger partial charge in [-0.1, -0.05) is 20.7 Å². The second-order valence-electron chi connectivity index (χ2n) is 5.92. The van der Waals surface area contributed by atoms with Gasteiger partial charge in [-0.25, -0.2) is 9.97 Å². The Morgan fingerprint density at radius 3 is 2.34 bits per heavy atom. The fourth-order valence-electron chi connectivity index (χ4n) is 2.64. The summed E-state index contributed by atoms with van der Waals surface area (Å²) in [6, 6.07) is 3.52. The monoisotopic (exact) mass is 497 g/mol. The number of pyridine rings is 1. The highest BCUT2D eigenvalue weighted by atomic mass is 79.9. The molecule has 1 N–H and O–H groups in total. The molecule has 12 heteroatoms. The second kappa shape index (κ2) is 8.12. The first kappa shape index (κ1) is 21.9. The van der Waals surface area contributed by atoms with Gasteiger partial charge in [-0.15, -0.1) is 0 Å². The van der Waals surface area contributed by atoms with Gasteiger partial charge in [0.25, 0.3) is 0 Å². The lowest BCUT2D eigenvalue weighted by Gasteiger charge is -2.18. The van der Waals surface area contributed by atoms with Crippen molar-refractivity contribution in [3.63, 3.8) is 0 Å². The summed E-state index contributed by atoms with van der Waals surface area (Å²) in [5.41, 5.74) is -3.42. The van der Waals surface area contributed by atoms with E-state index in [1.165, 1.54) is 18.5 Å². The zero-order valence-electron chi connectivity index (χ0n) is 14.2. The number of aromatic nitrogens is 3. The molecule has 2 unspecified atom stereocenters. The first-order valence-electron chi connectivity index (χ1n) is 7.94. The first-order chi connectivity index (χ1) is 13.5. The van der Waals surface area contributed by atoms with Crippen LogP contribution >= 0.6 is 24.5 Å². The lowest BCUT2D eigenvalue weighted by molar-refractivity contribution is -0.142. The van der Waals surface area contributed by atoms with E-state index < -0.39 is 35.2 Å². The molecule has 0 aliphatic rings. The van der Waals surface area contributed by atoms with Crippen LogP contribution in [0.15, 0.2) is 41.3 Å². The molecule has 29 heavy (non-hydrogen) atoms. The molecular weight excluding hydrogens is 487 g/mol. The van der Waals surface area contributed by atoms with Gasteiger partial charge >= 0.3 is 12.4 Å². The van der Waals surface area contributed by atoms with Gasteiger partial charge in [0.15, 0.2) is 0 Å². The summed E-state index contributed by atoms with van der Waals surface area (Å²) >= 11 is 3.11. The Kier molecular flexibility index (Phi) is 6.12. The number of nitrogens with zero attached hydrogens (tertiary/aromatic N) is 3. The van der Waals surface area contributed by atoms with Crippen LogP contribution in [-0.2, 0) is 12.4 Å². The van der Waals surface area contributed by atoms with Gasteiger partial charge in [0.05, 0.1) is 35.0 Å². The van der Waals surface area contributed by atoms with Crippen molar-refractivity contribution < 1.29 is 31.4 Å². The molecule has 1 aromatic carbocycles. The zero-order valence-corrected chi connectivity index (χ0v) is 16.8. The molecule has 3 rings (SSSR count). The summed E-state index contributed by atoms with van der Waals surface area (Å²) in [5, 5.41) is 10.3. The van der Waals surface area contributed by atoms with Crippen molar-refractivity contribution in [2.75, 3.05) is 6.16 Å². The van der Waals surface area contributed by atoms with E-state index in [9.17, 15) is 31.4 Å². The first-order valence-corrected chi connectivity index (χ1v) is 9.94. The van der Waals surface area contributed by atoms with Crippen LogP contribution in [0.2, 0.25) is 0 Å². The van der Waals surface area contributed by atoms with Crippen molar-refractivity contribution in [2.24, 2.45) is 0 Å². The number of hydrogen-bond donors (Lipinski definition) is 1. The van der Waals surface area contributed by atoms with Crippen LogP contribution in [0.25, 0.3) is 10.9 Å². The molecule has 0 spiro atoms. The van der Waals surface area contributed by atoms with Crippen molar-refractivity contribution >= 4 is 40.8 Å². The molecule has 2 atom stereocenters. The molecule has 0 aliphatic heterocycles. The van der Waals surface area contributed by atoms with E-state index in [2.05, 4.69) is 30.9 Å². The van der Waals surface area contributed by atoms with Crippen molar-refractivity contribution in [1.82, 2.24) is 15.0 Å². The quantitative estimate of drug-likeness (QED) is 0.413. The highest BCUT2D eigenvalue weighted by Gasteiger charge is 2.37. The highest BCUT2D eigenvalue weighted by Crippen LogP contribution is 2.39. The summed E-state index contributed by atoms with van der Waals surface area (Å²) in [6.07, 6.45) is -8.50. The molecule has 2 aromatic heterocycles. The van der Waals surface area contributed by atoms with Gasteiger partial charge in [0.1, 0.15) is 10.3 Å². The maximum atomic E-state index is 13.3. The number of rotatable bonds is 4. The van der Waals surface area contributed by atoms with Crippen LogP contribution in [-0.4, -0.2) is 26.2 Å². The number of aliphatic hydroxyl groups is 1. The van der Waals surface area contributed by atoms with Crippen LogP contribution in [0.1, 0.15) is 22.9 Å². The predicted molar refractivity (Wildman–Crippen MR) is 99.3 cm³/mol. The van der Waals surface area contributed by atoms with Crippen LogP contribution in [0.3, 0.4) is 0 Å². The van der Waals surface area contributed by atoms with Crippen molar-refractivity contribution in [2.45, 2.75) is 18.5 Å². The Bertz CT molecular complexity index is 1030. The molecule has 0 bridgehead atoms. The third-order valence-corrected chi connectivity index (χ3v) is 5.54. The van der Waals surface area contributed by atoms with Crippen LogP contribution in [0, 0.1) is 0 Å². The van der Waals surface area contributed by atoms with Gasteiger partial charge in [-0.05, 0) is 33.6 Å². The van der Waals surface area contributed by atoms with Gasteiger partial charge in [0.2, 0.25) is 0 Å². The summed E-state index contributed by atoms with van der Waals surface area (Å²) in [7, 11) is -0.121. The minimum atomic E-state index is -4.97. The molecule has 0 amide bonds. The molecule has 0 aliphatic carbocycles. The highest BCUT2D eigenvalue weighted by molar-refractivity contribution is 9.10. The molecule has 3 aromatic rings. The number of alkyl halides is 6. The average molecular weight is 498 g/mol. The largest absolute Gasteiger partial charge is 0.433 e. The average Bonchev–Trinajstić information content (AvgIpc) is 2.64. The van der Waals surface area contributed by atoms with E-state index in [0.29, 0.717) is 22.2 Å². The van der Waals surface area contributed by atoms with Gasteiger partial charge < -0.3 is 5.11 Å². The minimum absolute atomic E-state index is 0.0387. The standard InChI is InChI=1S/C17H11BrF6N3OP/c18-13-5-26-14(6-25-13)29-7-11(28)9-4-12(17(22,23)24)27-15-8(9)2-1-3-10(15)16(19,20)21/h1-6,11,28-29H,7H2. The third-order valence-electron chi connectivity index (χ3n) is 3.92. The SMILES string of the molecule is OC(CPc1cnc(Br)cn1)c1cc(C(F)(F)F)nc2c(C(F)(F)F)cccc12. The third kappa shape index (κ3) is 5.02. The number of halogens is 7. The van der Waals surface area contributed by atoms with E-state index in [1.54, 1.807) is 0 Å². The number of aliphatic hydroxyl groups excluding tert-OH is 1. The van der Waals surface area contributed by atoms with Crippen molar-refractivity contribution in [3.05, 3.63) is 58.1 Å². The van der Waals surface area contributed by atoms with Crippen molar-refractivity contribution in [3.8, 4) is 0 Å². The number of hydrogen-bond acceptors (Lipinski definition) is 4. The normalized spacial score (nSPS) is 14.1. The van der Waals surface area contributed by atoms with E-state index in [-0.39, 0.29) is 25.7 Å². The van der Waals surface area contributed by atoms with Crippen molar-refractivity contribution in [1.29, 1.82) is 0 Å². The van der Waals surface area contributed by atoms with Gasteiger partial charge in [0, 0.05) is 11.5 Å². The minimum Gasteiger partial charge on any atom is -0.388 e. The predicted octanol–water partition coefficient (Wildman–Crippen LogP) is 4.86. The number of fused-ring (bicyclic) bond motifs is 1. The Hall–Kier alpha value is -1.84. The second-order valence-corrected chi connectivity index (χ2v) is 8.00. The van der Waals surface area contributed by atoms with Crippen LogP contribution in [0.5, 0.6) is 0 Å². The molecule has 4 nitrogen and oxygen atoms in total. The van der Waals surface area contributed by atoms with E-state index in [4.69, 9.17) is 0 Å². The molecule has 0 fully saturated rings. The summed E-state index contributed by atoms with van der Waals surface area (Å²) in [5.74, 6) is 0. The van der Waals surface area contributed by atoms with Crippen LogP contribution < -0.4 is 5.44 Å². The van der Waals surface area contributed by atoms with E-state index in [0.717, 1.165) is 6.07 Å². The van der Waals surface area contributed by atoms with E-state index >= 15 is 0 Å². The Balaban J connectivity index is 2.06. The lowest BCUT2D eigenvalue weighted by Crippen LogP contribution is -2.14. The fourth-order valence-corrected chi connectivity index (χ4v) is 3.78. The summed E-state index contributed by atoms with van der Waals surface area (Å²) in [6.45, 7) is 0. The Labute approximate surface area is 170 Å². The Morgan fingerprint density at radius 1 is 1.03 bits per heavy atom. The smallest absolute Gasteiger partial charge is 0.388 e. The lowest BCUT2D eigenvalue weighted by atomic mass is 10.00. The Morgan fingerprint density at radius 2 is 1.76 bits per heavy atom. The number of para-hydroxylation sites is 1. The van der Waals surface area contributed by atoms with Gasteiger partial charge in [-0.2, -0.15) is 26.3 Å². The molecular formula is C17H11BrF6N3OP. The van der Waals surface area contributed by atoms with Gasteiger partial charge in [-0.3, -0.25) is 4.98 Å². The molecule has 0 radical (unpaired) electrons. The maximum Gasteiger partial charge on any atom is 0.433 e. The summed E-state index contributed by atoms with van der Waals surface area (Å²) in [4.78, 5) is 11.2. The number of benzene rings is 1.